The molecule has 1 aromatic heterocycles. The molecule has 1 amide bonds. The fourth-order valence-electron chi connectivity index (χ4n) is 3.18. The predicted molar refractivity (Wildman–Crippen MR) is 117 cm³/mol. The van der Waals surface area contributed by atoms with Crippen LogP contribution in [0.25, 0.3) is 11.0 Å². The van der Waals surface area contributed by atoms with Crippen molar-refractivity contribution in [2.24, 2.45) is 0 Å². The fourth-order valence-corrected chi connectivity index (χ4v) is 5.77. The summed E-state index contributed by atoms with van der Waals surface area (Å²) >= 11 is 8.29. The monoisotopic (exact) mass is 538 g/mol. The van der Waals surface area contributed by atoms with Crippen LogP contribution in [-0.2, 0) is 0 Å². The molecule has 2 heterocycles. The molecule has 0 saturated carbocycles. The molecule has 1 saturated heterocycles. The molecule has 29 heavy (non-hydrogen) atoms. The average Bonchev–Trinajstić information content (AvgIpc) is 3.17. The van der Waals surface area contributed by atoms with Gasteiger partial charge in [-0.15, -0.1) is 11.8 Å². The molecule has 0 bridgehead atoms. The summed E-state index contributed by atoms with van der Waals surface area (Å²) in [6.07, 6.45) is 0. The Kier molecular flexibility index (Phi) is 5.50. The highest BCUT2D eigenvalue weighted by Crippen LogP contribution is 2.39. The highest BCUT2D eigenvalue weighted by Gasteiger charge is 2.33. The van der Waals surface area contributed by atoms with Gasteiger partial charge in [-0.3, -0.25) is 14.9 Å². The van der Waals surface area contributed by atoms with Crippen LogP contribution in [0.15, 0.2) is 60.6 Å². The molecule has 0 aliphatic carbocycles. The number of nitro benzene ring substituents is 1. The van der Waals surface area contributed by atoms with Crippen molar-refractivity contribution in [1.82, 2.24) is 4.90 Å². The van der Waals surface area contributed by atoms with E-state index in [4.69, 9.17) is 4.42 Å². The van der Waals surface area contributed by atoms with Crippen LogP contribution < -0.4 is 5.63 Å². The molecule has 0 radical (unpaired) electrons. The van der Waals surface area contributed by atoms with Crippen molar-refractivity contribution in [2.75, 3.05) is 12.3 Å². The van der Waals surface area contributed by atoms with E-state index in [0.717, 1.165) is 10.0 Å². The minimum absolute atomic E-state index is 0.0130. The second-order valence-corrected chi connectivity index (χ2v) is 9.28. The number of non-ortho nitro benzene ring substituents is 1. The standard InChI is InChI=1S/C19H12Br2N2O5S/c20-12-7-11-8-14(19(25)28-16(11)15(21)9-12)17(24)22-5-6-29-18(22)10-1-3-13(4-2-10)23(26)27/h1-4,7-9,18H,5-6H2/t18-/m1/s1. The molecule has 7 nitrogen and oxygen atoms in total. The molecule has 0 spiro atoms. The van der Waals surface area contributed by atoms with E-state index >= 15 is 0 Å². The summed E-state index contributed by atoms with van der Waals surface area (Å²) in [4.78, 5) is 37.7. The molecule has 10 heteroatoms. The van der Waals surface area contributed by atoms with Gasteiger partial charge in [0.15, 0.2) is 5.58 Å². The third-order valence-electron chi connectivity index (χ3n) is 4.52. The van der Waals surface area contributed by atoms with Gasteiger partial charge in [-0.05, 0) is 51.8 Å². The summed E-state index contributed by atoms with van der Waals surface area (Å²) in [5.41, 5.74) is 0.377. The molecular weight excluding hydrogens is 528 g/mol. The number of halogens is 2. The second kappa shape index (κ2) is 7.92. The lowest BCUT2D eigenvalue weighted by molar-refractivity contribution is -0.384. The maximum atomic E-state index is 13.2. The first-order chi connectivity index (χ1) is 13.8. The van der Waals surface area contributed by atoms with Crippen LogP contribution in [0, 0.1) is 10.1 Å². The van der Waals surface area contributed by atoms with E-state index in [1.54, 1.807) is 40.9 Å². The van der Waals surface area contributed by atoms with Crippen LogP contribution in [0.1, 0.15) is 21.3 Å². The lowest BCUT2D eigenvalue weighted by atomic mass is 10.1. The number of nitrogens with zero attached hydrogens (tertiary/aromatic N) is 2. The van der Waals surface area contributed by atoms with Gasteiger partial charge in [0.2, 0.25) is 0 Å². The molecule has 0 N–H and O–H groups in total. The maximum absolute atomic E-state index is 13.2. The van der Waals surface area contributed by atoms with Crippen molar-refractivity contribution in [3.63, 3.8) is 0 Å². The maximum Gasteiger partial charge on any atom is 0.349 e. The molecule has 4 rings (SSSR count). The SMILES string of the molecule is O=C(c1cc2cc(Br)cc(Br)c2oc1=O)N1CCS[C@@H]1c1ccc([N+](=O)[O-])cc1. The summed E-state index contributed by atoms with van der Waals surface area (Å²) in [7, 11) is 0. The minimum atomic E-state index is -0.704. The number of nitro groups is 1. The first-order valence-corrected chi connectivity index (χ1v) is 11.1. The Morgan fingerprint density at radius 1 is 1.21 bits per heavy atom. The van der Waals surface area contributed by atoms with E-state index in [2.05, 4.69) is 31.9 Å². The number of fused-ring (bicyclic) bond motifs is 1. The molecular formula is C19H12Br2N2O5S. The number of rotatable bonds is 3. The van der Waals surface area contributed by atoms with Crippen molar-refractivity contribution >= 4 is 66.2 Å². The second-order valence-electron chi connectivity index (χ2n) is 6.32. The van der Waals surface area contributed by atoms with Crippen molar-refractivity contribution < 1.29 is 14.1 Å². The topological polar surface area (TPSA) is 93.7 Å². The molecule has 3 aromatic rings. The van der Waals surface area contributed by atoms with Gasteiger partial charge in [-0.1, -0.05) is 15.9 Å². The number of carbonyl (C=O) groups excluding carboxylic acids is 1. The van der Waals surface area contributed by atoms with Crippen LogP contribution in [0.5, 0.6) is 0 Å². The van der Waals surface area contributed by atoms with Gasteiger partial charge in [0.05, 0.1) is 9.40 Å². The van der Waals surface area contributed by atoms with Crippen LogP contribution in [0.2, 0.25) is 0 Å². The lowest BCUT2D eigenvalue weighted by Gasteiger charge is -2.23. The van der Waals surface area contributed by atoms with E-state index in [0.29, 0.717) is 27.7 Å². The normalized spacial score (nSPS) is 16.3. The Balaban J connectivity index is 1.70. The average molecular weight is 540 g/mol. The van der Waals surface area contributed by atoms with E-state index < -0.39 is 16.5 Å². The zero-order chi connectivity index (χ0) is 20.7. The summed E-state index contributed by atoms with van der Waals surface area (Å²) in [6, 6.07) is 11.2. The Labute approximate surface area is 185 Å². The number of hydrogen-bond acceptors (Lipinski definition) is 6. The van der Waals surface area contributed by atoms with Crippen molar-refractivity contribution in [3.05, 3.63) is 83.1 Å². The van der Waals surface area contributed by atoms with Gasteiger partial charge >= 0.3 is 5.63 Å². The first kappa shape index (κ1) is 20.1. The quantitative estimate of drug-likeness (QED) is 0.261. The number of carbonyl (C=O) groups is 1. The number of amides is 1. The fraction of sp³-hybridized carbons (Fsp3) is 0.158. The summed E-state index contributed by atoms with van der Waals surface area (Å²) in [6.45, 7) is 0.463. The molecule has 0 unspecified atom stereocenters. The van der Waals surface area contributed by atoms with Gasteiger partial charge in [-0.25, -0.2) is 4.79 Å². The molecule has 148 valence electrons. The molecule has 2 aromatic carbocycles. The van der Waals surface area contributed by atoms with Gasteiger partial charge in [0.25, 0.3) is 11.6 Å². The summed E-state index contributed by atoms with van der Waals surface area (Å²) < 4.78 is 6.78. The van der Waals surface area contributed by atoms with Crippen molar-refractivity contribution in [1.29, 1.82) is 0 Å². The Morgan fingerprint density at radius 3 is 2.62 bits per heavy atom. The number of hydrogen-bond donors (Lipinski definition) is 0. The van der Waals surface area contributed by atoms with E-state index in [1.165, 1.54) is 18.2 Å². The Hall–Kier alpha value is -2.17. The largest absolute Gasteiger partial charge is 0.421 e. The molecule has 1 atom stereocenters. The summed E-state index contributed by atoms with van der Waals surface area (Å²) in [5.74, 6) is 0.272. The summed E-state index contributed by atoms with van der Waals surface area (Å²) in [5, 5.41) is 11.2. The lowest BCUT2D eigenvalue weighted by Crippen LogP contribution is -2.33. The third kappa shape index (κ3) is 3.84. The van der Waals surface area contributed by atoms with Gasteiger partial charge in [0.1, 0.15) is 10.9 Å². The van der Waals surface area contributed by atoms with Crippen LogP contribution >= 0.6 is 43.6 Å². The smallest absolute Gasteiger partial charge is 0.349 e. The van der Waals surface area contributed by atoms with E-state index in [1.807, 2.05) is 0 Å². The highest BCUT2D eigenvalue weighted by molar-refractivity contribution is 9.11. The first-order valence-electron chi connectivity index (χ1n) is 8.45. The highest BCUT2D eigenvalue weighted by atomic mass is 79.9. The Bertz CT molecular complexity index is 1200. The van der Waals surface area contributed by atoms with Gasteiger partial charge < -0.3 is 9.32 Å². The Morgan fingerprint density at radius 2 is 1.93 bits per heavy atom. The van der Waals surface area contributed by atoms with Crippen LogP contribution in [0.4, 0.5) is 5.69 Å². The molecule has 1 fully saturated rings. The molecule has 1 aliphatic rings. The predicted octanol–water partition coefficient (Wildman–Crippen LogP) is 5.11. The van der Waals surface area contributed by atoms with Crippen molar-refractivity contribution in [2.45, 2.75) is 5.37 Å². The number of benzene rings is 2. The van der Waals surface area contributed by atoms with E-state index in [-0.39, 0.29) is 16.6 Å². The zero-order valence-corrected chi connectivity index (χ0v) is 18.6. The van der Waals surface area contributed by atoms with Gasteiger partial charge in [0, 0.05) is 34.3 Å². The van der Waals surface area contributed by atoms with Crippen LogP contribution in [0.3, 0.4) is 0 Å². The minimum Gasteiger partial charge on any atom is -0.421 e. The van der Waals surface area contributed by atoms with Crippen LogP contribution in [-0.4, -0.2) is 28.0 Å². The zero-order valence-electron chi connectivity index (χ0n) is 14.6. The third-order valence-corrected chi connectivity index (χ3v) is 6.83. The van der Waals surface area contributed by atoms with Gasteiger partial charge in [-0.2, -0.15) is 0 Å². The molecule has 1 aliphatic heterocycles. The number of thioether (sulfide) groups is 1. The van der Waals surface area contributed by atoms with E-state index in [9.17, 15) is 19.7 Å². The van der Waals surface area contributed by atoms with Crippen molar-refractivity contribution in [3.8, 4) is 0 Å².